The Morgan fingerprint density at radius 2 is 0.830 bits per heavy atom. The van der Waals surface area contributed by atoms with Gasteiger partial charge in [0.2, 0.25) is 0 Å². The van der Waals surface area contributed by atoms with Crippen molar-refractivity contribution in [2.24, 2.45) is 0 Å². The zero-order valence-corrected chi connectivity index (χ0v) is 30.6. The number of rotatable bonds is 8. The van der Waals surface area contributed by atoms with E-state index >= 15 is 0 Å². The molecule has 0 aliphatic rings. The summed E-state index contributed by atoms with van der Waals surface area (Å²) in [7, 11) is 0. The maximum atomic E-state index is 2.38. The van der Waals surface area contributed by atoms with Crippen LogP contribution in [0.15, 0.2) is 194 Å². The molecule has 9 aromatic rings. The Kier molecular flexibility index (Phi) is 8.55. The Hall–Kier alpha value is -6.42. The molecule has 0 N–H and O–H groups in total. The van der Waals surface area contributed by atoms with E-state index in [1.54, 1.807) is 0 Å². The van der Waals surface area contributed by atoms with Crippen molar-refractivity contribution in [2.75, 3.05) is 9.80 Å². The summed E-state index contributed by atoms with van der Waals surface area (Å²) in [5.41, 5.74) is 14.3. The van der Waals surface area contributed by atoms with Crippen LogP contribution in [0.2, 0.25) is 0 Å². The average Bonchev–Trinajstić information content (AvgIpc) is 3.60. The molecule has 1 heterocycles. The van der Waals surface area contributed by atoms with Crippen LogP contribution in [0.4, 0.5) is 34.1 Å². The summed E-state index contributed by atoms with van der Waals surface area (Å²) in [6.45, 7) is 4.43. The normalized spacial score (nSPS) is 11.2. The predicted octanol–water partition coefficient (Wildman–Crippen LogP) is 14.9. The number of para-hydroxylation sites is 2. The third-order valence-corrected chi connectivity index (χ3v) is 11.4. The average molecular weight is 699 g/mol. The predicted molar refractivity (Wildman–Crippen MR) is 229 cm³/mol. The number of anilines is 6. The Bertz CT molecular complexity index is 2680. The number of benzene rings is 8. The van der Waals surface area contributed by atoms with Gasteiger partial charge in [0.25, 0.3) is 0 Å². The van der Waals surface area contributed by atoms with Gasteiger partial charge >= 0.3 is 0 Å². The largest absolute Gasteiger partial charge is 0.310 e. The van der Waals surface area contributed by atoms with Crippen molar-refractivity contribution in [1.82, 2.24) is 0 Å². The third-order valence-electron chi connectivity index (χ3n) is 10.2. The fourth-order valence-electron chi connectivity index (χ4n) is 7.56. The lowest BCUT2D eigenvalue weighted by molar-refractivity contribution is 1.25. The van der Waals surface area contributed by atoms with E-state index in [-0.39, 0.29) is 0 Å². The van der Waals surface area contributed by atoms with Gasteiger partial charge in [0.1, 0.15) is 0 Å². The van der Waals surface area contributed by atoms with Crippen molar-refractivity contribution in [3.63, 3.8) is 0 Å². The van der Waals surface area contributed by atoms with E-state index in [4.69, 9.17) is 0 Å². The number of thiophene rings is 1. The quantitative estimate of drug-likeness (QED) is 0.156. The molecule has 0 aliphatic carbocycles. The number of fused-ring (bicyclic) bond motifs is 3. The highest BCUT2D eigenvalue weighted by Gasteiger charge is 2.19. The summed E-state index contributed by atoms with van der Waals surface area (Å²) in [5, 5.41) is 2.60. The summed E-state index contributed by atoms with van der Waals surface area (Å²) in [5.74, 6) is 0. The number of aryl methyl sites for hydroxylation is 1. The van der Waals surface area contributed by atoms with Crippen molar-refractivity contribution < 1.29 is 0 Å². The fraction of sp³-hybridized carbons (Fsp3) is 0.0400. The molecule has 0 atom stereocenters. The maximum absolute atomic E-state index is 2.38. The summed E-state index contributed by atoms with van der Waals surface area (Å²) >= 11 is 1.86. The lowest BCUT2D eigenvalue weighted by Gasteiger charge is -2.28. The topological polar surface area (TPSA) is 6.48 Å². The monoisotopic (exact) mass is 698 g/mol. The van der Waals surface area contributed by atoms with Gasteiger partial charge in [0.15, 0.2) is 0 Å². The molecule has 9 rings (SSSR count). The molecule has 0 radical (unpaired) electrons. The molecule has 254 valence electrons. The molecular weight excluding hydrogens is 661 g/mol. The van der Waals surface area contributed by atoms with Crippen LogP contribution in [-0.4, -0.2) is 0 Å². The Labute approximate surface area is 315 Å². The molecule has 3 heteroatoms. The van der Waals surface area contributed by atoms with Gasteiger partial charge in [-0.15, -0.1) is 11.3 Å². The molecule has 0 fully saturated rings. The Morgan fingerprint density at radius 3 is 1.47 bits per heavy atom. The van der Waals surface area contributed by atoms with Crippen molar-refractivity contribution in [2.45, 2.75) is 13.8 Å². The first-order valence-electron chi connectivity index (χ1n) is 18.1. The number of hydrogen-bond acceptors (Lipinski definition) is 3. The highest BCUT2D eigenvalue weighted by atomic mass is 32.1. The summed E-state index contributed by atoms with van der Waals surface area (Å²) < 4.78 is 2.60. The van der Waals surface area contributed by atoms with Gasteiger partial charge in [0.05, 0.1) is 10.4 Å². The maximum Gasteiger partial charge on any atom is 0.0640 e. The van der Waals surface area contributed by atoms with E-state index < -0.39 is 0 Å². The molecule has 1 aromatic heterocycles. The summed E-state index contributed by atoms with van der Waals surface area (Å²) in [6, 6.07) is 70.0. The van der Waals surface area contributed by atoms with E-state index in [0.29, 0.717) is 0 Å². The van der Waals surface area contributed by atoms with Gasteiger partial charge in [-0.25, -0.2) is 0 Å². The van der Waals surface area contributed by atoms with E-state index in [1.807, 2.05) is 11.3 Å². The third kappa shape index (κ3) is 6.05. The van der Waals surface area contributed by atoms with Gasteiger partial charge < -0.3 is 9.80 Å². The second kappa shape index (κ2) is 14.0. The van der Waals surface area contributed by atoms with E-state index in [2.05, 4.69) is 218 Å². The van der Waals surface area contributed by atoms with Crippen LogP contribution < -0.4 is 9.80 Å². The second-order valence-electron chi connectivity index (χ2n) is 13.5. The summed E-state index contributed by atoms with van der Waals surface area (Å²) in [6.07, 6.45) is 0. The molecular formula is C50H38N2S. The standard InChI is InChI=1S/C50H38N2S/c1-35-15-9-10-20-43(35)44-22-13-24-47(36(44)2)51(39-16-5-3-6-17-39)41-31-27-37(28-32-41)38-29-33-42(34-30-38)52(40-18-7-4-8-19-40)48-25-14-23-46-45-21-11-12-26-49(45)53-50(46)48/h3-34H,1-2H3. The molecule has 0 unspecified atom stereocenters. The van der Waals surface area contributed by atoms with Gasteiger partial charge in [0, 0.05) is 43.9 Å². The zero-order chi connectivity index (χ0) is 35.7. The van der Waals surface area contributed by atoms with Crippen LogP contribution >= 0.6 is 11.3 Å². The first-order valence-corrected chi connectivity index (χ1v) is 18.9. The molecule has 53 heavy (non-hydrogen) atoms. The lowest BCUT2D eigenvalue weighted by atomic mass is 9.95. The van der Waals surface area contributed by atoms with E-state index in [1.165, 1.54) is 64.9 Å². The highest BCUT2D eigenvalue weighted by Crippen LogP contribution is 2.45. The van der Waals surface area contributed by atoms with Crippen molar-refractivity contribution in [1.29, 1.82) is 0 Å². The van der Waals surface area contributed by atoms with Gasteiger partial charge in [-0.2, -0.15) is 0 Å². The lowest BCUT2D eigenvalue weighted by Crippen LogP contribution is -2.11. The smallest absolute Gasteiger partial charge is 0.0640 e. The zero-order valence-electron chi connectivity index (χ0n) is 29.8. The van der Waals surface area contributed by atoms with Crippen LogP contribution in [0.5, 0.6) is 0 Å². The Morgan fingerprint density at radius 1 is 0.358 bits per heavy atom. The van der Waals surface area contributed by atoms with Crippen molar-refractivity contribution >= 4 is 65.6 Å². The van der Waals surface area contributed by atoms with Gasteiger partial charge in [-0.05, 0) is 114 Å². The van der Waals surface area contributed by atoms with Gasteiger partial charge in [-0.1, -0.05) is 127 Å². The molecule has 0 spiro atoms. The second-order valence-corrected chi connectivity index (χ2v) is 14.5. The van der Waals surface area contributed by atoms with Crippen LogP contribution in [-0.2, 0) is 0 Å². The van der Waals surface area contributed by atoms with E-state index in [0.717, 1.165) is 22.7 Å². The fourth-order valence-corrected chi connectivity index (χ4v) is 8.76. The SMILES string of the molecule is Cc1ccccc1-c1cccc(N(c2ccccc2)c2ccc(-c3ccc(N(c4ccccc4)c4cccc5c4sc4ccccc45)cc3)cc2)c1C. The van der Waals surface area contributed by atoms with Crippen LogP contribution in [0, 0.1) is 13.8 Å². The molecule has 0 aliphatic heterocycles. The van der Waals surface area contributed by atoms with Gasteiger partial charge in [-0.3, -0.25) is 0 Å². The minimum absolute atomic E-state index is 1.12. The van der Waals surface area contributed by atoms with Crippen LogP contribution in [0.25, 0.3) is 42.4 Å². The van der Waals surface area contributed by atoms with Crippen molar-refractivity contribution in [3.05, 3.63) is 205 Å². The van der Waals surface area contributed by atoms with Crippen LogP contribution in [0.3, 0.4) is 0 Å². The minimum atomic E-state index is 1.12. The number of hydrogen-bond donors (Lipinski definition) is 0. The highest BCUT2D eigenvalue weighted by molar-refractivity contribution is 7.26. The first kappa shape index (κ1) is 32.5. The van der Waals surface area contributed by atoms with E-state index in [9.17, 15) is 0 Å². The molecule has 0 bridgehead atoms. The van der Waals surface area contributed by atoms with Crippen molar-refractivity contribution in [3.8, 4) is 22.3 Å². The number of nitrogens with zero attached hydrogens (tertiary/aromatic N) is 2. The molecule has 0 saturated carbocycles. The minimum Gasteiger partial charge on any atom is -0.310 e. The molecule has 8 aromatic carbocycles. The molecule has 0 amide bonds. The molecule has 0 saturated heterocycles. The first-order chi connectivity index (χ1) is 26.1. The Balaban J connectivity index is 1.08. The molecule has 2 nitrogen and oxygen atoms in total. The van der Waals surface area contributed by atoms with Crippen LogP contribution in [0.1, 0.15) is 11.1 Å². The summed E-state index contributed by atoms with van der Waals surface area (Å²) in [4.78, 5) is 4.76.